The summed E-state index contributed by atoms with van der Waals surface area (Å²) in [5, 5.41) is 2.74. The van der Waals surface area contributed by atoms with E-state index in [0.29, 0.717) is 12.6 Å². The van der Waals surface area contributed by atoms with E-state index in [0.717, 1.165) is 32.6 Å². The molecule has 0 saturated carbocycles. The van der Waals surface area contributed by atoms with E-state index in [-0.39, 0.29) is 6.03 Å². The van der Waals surface area contributed by atoms with Crippen LogP contribution in [0.5, 0.6) is 0 Å². The molecule has 0 spiro atoms. The van der Waals surface area contributed by atoms with Crippen LogP contribution in [0.3, 0.4) is 0 Å². The van der Waals surface area contributed by atoms with Crippen molar-refractivity contribution in [2.75, 3.05) is 26.2 Å². The van der Waals surface area contributed by atoms with Gasteiger partial charge in [-0.05, 0) is 18.9 Å². The third kappa shape index (κ3) is 4.51. The van der Waals surface area contributed by atoms with E-state index in [9.17, 15) is 4.79 Å². The average Bonchev–Trinajstić information content (AvgIpc) is 2.69. The lowest BCUT2D eigenvalue weighted by Gasteiger charge is -2.26. The molecule has 1 aliphatic rings. The molecule has 1 heterocycles. The summed E-state index contributed by atoms with van der Waals surface area (Å²) in [5.41, 5.74) is 1.31. The molecule has 0 aliphatic carbocycles. The number of carbonyl (C=O) groups excluding carboxylic acids is 1. The SMILES string of the molecule is C#CCNC(=O)N1CCC(C)N(Cc2ccccc2)CC1. The lowest BCUT2D eigenvalue weighted by atomic mass is 10.1. The van der Waals surface area contributed by atoms with Crippen LogP contribution < -0.4 is 5.32 Å². The number of nitrogens with zero attached hydrogens (tertiary/aromatic N) is 2. The van der Waals surface area contributed by atoms with Gasteiger partial charge in [0.2, 0.25) is 0 Å². The highest BCUT2D eigenvalue weighted by Gasteiger charge is 2.23. The molecule has 1 aromatic carbocycles. The van der Waals surface area contributed by atoms with Crippen LogP contribution in [0.1, 0.15) is 18.9 Å². The summed E-state index contributed by atoms with van der Waals surface area (Å²) >= 11 is 0. The highest BCUT2D eigenvalue weighted by molar-refractivity contribution is 5.74. The number of carbonyl (C=O) groups is 1. The van der Waals surface area contributed by atoms with E-state index in [1.807, 2.05) is 11.0 Å². The molecular weight excluding hydrogens is 262 g/mol. The number of benzene rings is 1. The predicted octanol–water partition coefficient (Wildman–Crippen LogP) is 1.93. The Morgan fingerprint density at radius 1 is 1.33 bits per heavy atom. The number of hydrogen-bond donors (Lipinski definition) is 1. The fraction of sp³-hybridized carbons (Fsp3) is 0.471. The van der Waals surface area contributed by atoms with Gasteiger partial charge in [0, 0.05) is 32.2 Å². The minimum Gasteiger partial charge on any atom is -0.327 e. The van der Waals surface area contributed by atoms with Crippen LogP contribution in [-0.2, 0) is 6.54 Å². The fourth-order valence-electron chi connectivity index (χ4n) is 2.60. The Balaban J connectivity index is 1.92. The maximum atomic E-state index is 12.0. The van der Waals surface area contributed by atoms with Crippen LogP contribution in [0.2, 0.25) is 0 Å². The van der Waals surface area contributed by atoms with Gasteiger partial charge in [-0.2, -0.15) is 0 Å². The van der Waals surface area contributed by atoms with Crippen molar-refractivity contribution >= 4 is 6.03 Å². The van der Waals surface area contributed by atoms with Crippen molar-refractivity contribution in [3.05, 3.63) is 35.9 Å². The van der Waals surface area contributed by atoms with E-state index in [4.69, 9.17) is 6.42 Å². The molecule has 2 amide bonds. The van der Waals surface area contributed by atoms with Gasteiger partial charge >= 0.3 is 6.03 Å². The van der Waals surface area contributed by atoms with Crippen molar-refractivity contribution < 1.29 is 4.79 Å². The van der Waals surface area contributed by atoms with Gasteiger partial charge in [-0.3, -0.25) is 4.90 Å². The van der Waals surface area contributed by atoms with E-state index in [1.54, 1.807) is 0 Å². The topological polar surface area (TPSA) is 35.6 Å². The van der Waals surface area contributed by atoms with Gasteiger partial charge in [-0.1, -0.05) is 36.3 Å². The Bertz CT molecular complexity index is 495. The van der Waals surface area contributed by atoms with E-state index in [2.05, 4.69) is 47.3 Å². The molecule has 4 heteroatoms. The van der Waals surface area contributed by atoms with Crippen molar-refractivity contribution in [3.63, 3.8) is 0 Å². The molecule has 1 saturated heterocycles. The first-order valence-electron chi connectivity index (χ1n) is 7.45. The van der Waals surface area contributed by atoms with Gasteiger partial charge in [0.15, 0.2) is 0 Å². The minimum atomic E-state index is -0.0540. The summed E-state index contributed by atoms with van der Waals surface area (Å²) in [4.78, 5) is 16.3. The molecule has 1 aliphatic heterocycles. The van der Waals surface area contributed by atoms with Crippen molar-refractivity contribution in [1.29, 1.82) is 0 Å². The van der Waals surface area contributed by atoms with Crippen molar-refractivity contribution in [2.45, 2.75) is 25.9 Å². The van der Waals surface area contributed by atoms with Crippen LogP contribution in [0.25, 0.3) is 0 Å². The number of rotatable bonds is 3. The highest BCUT2D eigenvalue weighted by Crippen LogP contribution is 2.14. The maximum absolute atomic E-state index is 12.0. The number of hydrogen-bond acceptors (Lipinski definition) is 2. The molecule has 0 aromatic heterocycles. The molecule has 21 heavy (non-hydrogen) atoms. The first-order valence-corrected chi connectivity index (χ1v) is 7.45. The lowest BCUT2D eigenvalue weighted by Crippen LogP contribution is -2.42. The van der Waals surface area contributed by atoms with Gasteiger partial charge in [-0.25, -0.2) is 4.79 Å². The molecule has 0 radical (unpaired) electrons. The average molecular weight is 285 g/mol. The second kappa shape index (κ2) is 7.70. The quantitative estimate of drug-likeness (QED) is 0.861. The monoisotopic (exact) mass is 285 g/mol. The number of terminal acetylenes is 1. The molecule has 112 valence electrons. The van der Waals surface area contributed by atoms with E-state index < -0.39 is 0 Å². The normalized spacial score (nSPS) is 19.6. The summed E-state index contributed by atoms with van der Waals surface area (Å²) in [7, 11) is 0. The largest absolute Gasteiger partial charge is 0.327 e. The first-order chi connectivity index (χ1) is 10.2. The van der Waals surface area contributed by atoms with Gasteiger partial charge in [0.25, 0.3) is 0 Å². The Kier molecular flexibility index (Phi) is 5.65. The van der Waals surface area contributed by atoms with Crippen LogP contribution in [0, 0.1) is 12.3 Å². The summed E-state index contributed by atoms with van der Waals surface area (Å²) < 4.78 is 0. The summed E-state index contributed by atoms with van der Waals surface area (Å²) in [6, 6.07) is 10.9. The zero-order valence-corrected chi connectivity index (χ0v) is 12.6. The van der Waals surface area contributed by atoms with Gasteiger partial charge in [0.05, 0.1) is 6.54 Å². The van der Waals surface area contributed by atoms with Crippen molar-refractivity contribution in [3.8, 4) is 12.3 Å². The lowest BCUT2D eigenvalue weighted by molar-refractivity contribution is 0.194. The van der Waals surface area contributed by atoms with E-state index >= 15 is 0 Å². The fourth-order valence-corrected chi connectivity index (χ4v) is 2.60. The molecule has 1 atom stereocenters. The van der Waals surface area contributed by atoms with Crippen molar-refractivity contribution in [1.82, 2.24) is 15.1 Å². The predicted molar refractivity (Wildman–Crippen MR) is 84.7 cm³/mol. The highest BCUT2D eigenvalue weighted by atomic mass is 16.2. The Hall–Kier alpha value is -1.99. The Morgan fingerprint density at radius 2 is 2.10 bits per heavy atom. The minimum absolute atomic E-state index is 0.0540. The van der Waals surface area contributed by atoms with Crippen LogP contribution >= 0.6 is 0 Å². The van der Waals surface area contributed by atoms with Gasteiger partial charge in [0.1, 0.15) is 0 Å². The molecule has 0 bridgehead atoms. The van der Waals surface area contributed by atoms with Gasteiger partial charge < -0.3 is 10.2 Å². The molecular formula is C17H23N3O. The number of urea groups is 1. The van der Waals surface area contributed by atoms with Crippen LogP contribution in [0.4, 0.5) is 4.79 Å². The summed E-state index contributed by atoms with van der Waals surface area (Å²) in [5.74, 6) is 2.43. The van der Waals surface area contributed by atoms with Gasteiger partial charge in [-0.15, -0.1) is 6.42 Å². The number of amides is 2. The standard InChI is InChI=1S/C17H23N3O/c1-3-10-18-17(21)19-11-9-15(2)20(13-12-19)14-16-7-5-4-6-8-16/h1,4-8,15H,9-14H2,2H3,(H,18,21). The van der Waals surface area contributed by atoms with Crippen LogP contribution in [0.15, 0.2) is 30.3 Å². The maximum Gasteiger partial charge on any atom is 0.318 e. The third-order valence-corrected chi connectivity index (χ3v) is 3.95. The first kappa shape index (κ1) is 15.4. The van der Waals surface area contributed by atoms with Crippen molar-refractivity contribution in [2.24, 2.45) is 0 Å². The molecule has 1 fully saturated rings. The Morgan fingerprint density at radius 3 is 2.81 bits per heavy atom. The van der Waals surface area contributed by atoms with Crippen LogP contribution in [-0.4, -0.2) is 48.1 Å². The molecule has 1 aromatic rings. The smallest absolute Gasteiger partial charge is 0.318 e. The summed E-state index contributed by atoms with van der Waals surface area (Å²) in [6.07, 6.45) is 6.16. The molecule has 4 nitrogen and oxygen atoms in total. The zero-order chi connectivity index (χ0) is 15.1. The Labute approximate surface area is 127 Å². The second-order valence-corrected chi connectivity index (χ2v) is 5.44. The van der Waals surface area contributed by atoms with E-state index in [1.165, 1.54) is 5.56 Å². The molecule has 2 rings (SSSR count). The molecule has 1 N–H and O–H groups in total. The zero-order valence-electron chi connectivity index (χ0n) is 12.6. The third-order valence-electron chi connectivity index (χ3n) is 3.95. The number of nitrogens with one attached hydrogen (secondary N) is 1. The summed E-state index contributed by atoms with van der Waals surface area (Å²) in [6.45, 7) is 5.86. The second-order valence-electron chi connectivity index (χ2n) is 5.44. The molecule has 1 unspecified atom stereocenters.